The highest BCUT2D eigenvalue weighted by Gasteiger charge is 2.22. The Balaban J connectivity index is 2.19. The lowest BCUT2D eigenvalue weighted by Gasteiger charge is -2.22. The van der Waals surface area contributed by atoms with Crippen LogP contribution in [0, 0.1) is 6.92 Å². The quantitative estimate of drug-likeness (QED) is 0.559. The van der Waals surface area contributed by atoms with E-state index in [1.54, 1.807) is 56.3 Å². The first-order valence-electron chi connectivity index (χ1n) is 9.94. The minimum atomic E-state index is -3.72. The number of anilines is 2. The van der Waals surface area contributed by atoms with Crippen molar-refractivity contribution in [1.29, 1.82) is 0 Å². The summed E-state index contributed by atoms with van der Waals surface area (Å²) in [6.45, 7) is 5.76. The summed E-state index contributed by atoms with van der Waals surface area (Å²) in [7, 11) is -3.72. The molecule has 1 N–H and O–H groups in total. The molecular formula is C22H28N2O6S. The Morgan fingerprint density at radius 2 is 1.74 bits per heavy atom. The summed E-state index contributed by atoms with van der Waals surface area (Å²) in [6, 6.07) is 11.4. The molecule has 0 aliphatic heterocycles. The lowest BCUT2D eigenvalue weighted by atomic mass is 10.1. The minimum absolute atomic E-state index is 0.237. The van der Waals surface area contributed by atoms with Gasteiger partial charge in [0.15, 0.2) is 0 Å². The van der Waals surface area contributed by atoms with Crippen molar-refractivity contribution in [2.75, 3.05) is 35.6 Å². The van der Waals surface area contributed by atoms with Crippen molar-refractivity contribution in [3.05, 3.63) is 53.6 Å². The molecule has 0 saturated carbocycles. The summed E-state index contributed by atoms with van der Waals surface area (Å²) in [6.07, 6.45) is 1.89. The third-order valence-electron chi connectivity index (χ3n) is 4.39. The van der Waals surface area contributed by atoms with Crippen LogP contribution in [0.4, 0.5) is 11.4 Å². The Hall–Kier alpha value is -3.07. The molecule has 0 saturated heterocycles. The number of nitrogens with zero attached hydrogens (tertiary/aromatic N) is 1. The first-order valence-corrected chi connectivity index (χ1v) is 11.8. The van der Waals surface area contributed by atoms with Gasteiger partial charge in [-0.25, -0.2) is 13.2 Å². The first kappa shape index (κ1) is 24.2. The van der Waals surface area contributed by atoms with Crippen LogP contribution in [0.15, 0.2) is 42.5 Å². The minimum Gasteiger partial charge on any atom is -0.494 e. The van der Waals surface area contributed by atoms with Crippen LogP contribution in [0.1, 0.15) is 36.2 Å². The van der Waals surface area contributed by atoms with Gasteiger partial charge in [0, 0.05) is 5.69 Å². The van der Waals surface area contributed by atoms with Crippen molar-refractivity contribution in [3.8, 4) is 5.75 Å². The molecule has 8 nitrogen and oxygen atoms in total. The molecule has 2 aromatic carbocycles. The topological polar surface area (TPSA) is 102 Å². The summed E-state index contributed by atoms with van der Waals surface area (Å²) < 4.78 is 36.2. The molecule has 31 heavy (non-hydrogen) atoms. The van der Waals surface area contributed by atoms with Gasteiger partial charge in [0.25, 0.3) is 0 Å². The molecule has 0 fully saturated rings. The first-order chi connectivity index (χ1) is 14.7. The molecule has 0 aliphatic rings. The summed E-state index contributed by atoms with van der Waals surface area (Å²) in [5.74, 6) is -0.407. The average Bonchev–Trinajstić information content (AvgIpc) is 2.72. The molecule has 0 unspecified atom stereocenters. The zero-order valence-electron chi connectivity index (χ0n) is 18.2. The van der Waals surface area contributed by atoms with Crippen LogP contribution in [0.5, 0.6) is 5.75 Å². The van der Waals surface area contributed by atoms with Gasteiger partial charge in [-0.15, -0.1) is 0 Å². The molecule has 2 rings (SSSR count). The normalized spacial score (nSPS) is 11.0. The van der Waals surface area contributed by atoms with Crippen molar-refractivity contribution in [3.63, 3.8) is 0 Å². The maximum atomic E-state index is 12.7. The molecular weight excluding hydrogens is 420 g/mol. The molecule has 9 heteroatoms. The maximum absolute atomic E-state index is 12.7. The monoisotopic (exact) mass is 448 g/mol. The van der Waals surface area contributed by atoms with Gasteiger partial charge in [-0.1, -0.05) is 13.0 Å². The molecule has 0 atom stereocenters. The van der Waals surface area contributed by atoms with Crippen LogP contribution in [0.25, 0.3) is 0 Å². The van der Waals surface area contributed by atoms with Gasteiger partial charge in [-0.3, -0.25) is 9.10 Å². The molecule has 0 bridgehead atoms. The van der Waals surface area contributed by atoms with Crippen molar-refractivity contribution < 1.29 is 27.5 Å². The molecule has 168 valence electrons. The number of sulfonamides is 1. The van der Waals surface area contributed by atoms with E-state index in [2.05, 4.69) is 5.32 Å². The second-order valence-electron chi connectivity index (χ2n) is 6.86. The van der Waals surface area contributed by atoms with Crippen LogP contribution in [0.2, 0.25) is 0 Å². The number of carbonyl (C=O) groups excluding carboxylic acids is 2. The van der Waals surface area contributed by atoms with Gasteiger partial charge in [0.2, 0.25) is 15.9 Å². The molecule has 0 heterocycles. The van der Waals surface area contributed by atoms with Crippen molar-refractivity contribution in [2.24, 2.45) is 0 Å². The molecule has 0 aromatic heterocycles. The lowest BCUT2D eigenvalue weighted by molar-refractivity contribution is -0.114. The number of ether oxygens (including phenoxy) is 2. The smallest absolute Gasteiger partial charge is 0.338 e. The van der Waals surface area contributed by atoms with Gasteiger partial charge >= 0.3 is 5.97 Å². The average molecular weight is 449 g/mol. The van der Waals surface area contributed by atoms with Crippen molar-refractivity contribution in [2.45, 2.75) is 27.2 Å². The predicted molar refractivity (Wildman–Crippen MR) is 120 cm³/mol. The van der Waals surface area contributed by atoms with Gasteiger partial charge in [-0.05, 0) is 62.2 Å². The van der Waals surface area contributed by atoms with Gasteiger partial charge in [-0.2, -0.15) is 0 Å². The third-order valence-corrected chi connectivity index (χ3v) is 5.53. The predicted octanol–water partition coefficient (Wildman–Crippen LogP) is 3.37. The molecule has 0 spiro atoms. The highest BCUT2D eigenvalue weighted by atomic mass is 32.2. The van der Waals surface area contributed by atoms with Crippen LogP contribution < -0.4 is 14.4 Å². The van der Waals surface area contributed by atoms with Crippen LogP contribution in [-0.4, -0.2) is 46.3 Å². The number of hydrogen-bond donors (Lipinski definition) is 1. The second kappa shape index (κ2) is 10.8. The summed E-state index contributed by atoms with van der Waals surface area (Å²) >= 11 is 0. The Morgan fingerprint density at radius 1 is 1.06 bits per heavy atom. The van der Waals surface area contributed by atoms with E-state index < -0.39 is 28.4 Å². The fraction of sp³-hybridized carbons (Fsp3) is 0.364. The van der Waals surface area contributed by atoms with E-state index >= 15 is 0 Å². The van der Waals surface area contributed by atoms with Crippen LogP contribution in [-0.2, 0) is 19.6 Å². The van der Waals surface area contributed by atoms with E-state index in [0.717, 1.165) is 17.0 Å². The Kier molecular flexibility index (Phi) is 8.44. The summed E-state index contributed by atoms with van der Waals surface area (Å²) in [5.41, 5.74) is 1.63. The summed E-state index contributed by atoms with van der Waals surface area (Å²) in [4.78, 5) is 24.7. The number of hydrogen-bond acceptors (Lipinski definition) is 6. The summed E-state index contributed by atoms with van der Waals surface area (Å²) in [5, 5.41) is 2.68. The number of esters is 1. The van der Waals surface area contributed by atoms with E-state index in [1.807, 2.05) is 6.92 Å². The highest BCUT2D eigenvalue weighted by molar-refractivity contribution is 7.92. The number of amides is 1. The van der Waals surface area contributed by atoms with Gasteiger partial charge in [0.05, 0.1) is 30.7 Å². The number of benzene rings is 2. The lowest BCUT2D eigenvalue weighted by Crippen LogP contribution is -2.37. The maximum Gasteiger partial charge on any atom is 0.338 e. The second-order valence-corrected chi connectivity index (χ2v) is 8.77. The molecule has 1 amide bonds. The van der Waals surface area contributed by atoms with E-state index in [1.165, 1.54) is 0 Å². The van der Waals surface area contributed by atoms with Crippen molar-refractivity contribution in [1.82, 2.24) is 0 Å². The number of nitrogens with one attached hydrogen (secondary N) is 1. The molecule has 0 radical (unpaired) electrons. The largest absolute Gasteiger partial charge is 0.494 e. The Bertz CT molecular complexity index is 1020. The van der Waals surface area contributed by atoms with Crippen LogP contribution >= 0.6 is 0 Å². The number of rotatable bonds is 10. The molecule has 2 aromatic rings. The zero-order valence-corrected chi connectivity index (χ0v) is 19.0. The molecule has 0 aliphatic carbocycles. The van der Waals surface area contributed by atoms with E-state index in [4.69, 9.17) is 9.47 Å². The SMILES string of the molecule is CCCOc1ccc(N(CC(=O)Nc2cccc(C(=O)OCC)c2C)S(C)(=O)=O)cc1. The highest BCUT2D eigenvalue weighted by Crippen LogP contribution is 2.23. The van der Waals surface area contributed by atoms with Gasteiger partial charge in [0.1, 0.15) is 12.3 Å². The number of carbonyl (C=O) groups is 2. The standard InChI is InChI=1S/C22H28N2O6S/c1-5-14-30-18-12-10-17(11-13-18)24(31(4,27)28)15-21(25)23-20-9-7-8-19(16(20)3)22(26)29-6-2/h7-13H,5-6,14-15H2,1-4H3,(H,23,25). The van der Waals surface area contributed by atoms with E-state index in [0.29, 0.717) is 34.9 Å². The third kappa shape index (κ3) is 6.71. The van der Waals surface area contributed by atoms with Crippen LogP contribution in [0.3, 0.4) is 0 Å². The van der Waals surface area contributed by atoms with E-state index in [-0.39, 0.29) is 6.61 Å². The Morgan fingerprint density at radius 3 is 2.32 bits per heavy atom. The van der Waals surface area contributed by atoms with E-state index in [9.17, 15) is 18.0 Å². The van der Waals surface area contributed by atoms with Crippen molar-refractivity contribution >= 4 is 33.3 Å². The fourth-order valence-corrected chi connectivity index (χ4v) is 3.71. The fourth-order valence-electron chi connectivity index (χ4n) is 2.85. The Labute approximate surface area is 183 Å². The van der Waals surface area contributed by atoms with Gasteiger partial charge < -0.3 is 14.8 Å². The zero-order chi connectivity index (χ0) is 23.0.